The first-order valence-corrected chi connectivity index (χ1v) is 7.10. The van der Waals surface area contributed by atoms with Crippen molar-refractivity contribution in [3.05, 3.63) is 75.0 Å². The quantitative estimate of drug-likeness (QED) is 0.776. The highest BCUT2D eigenvalue weighted by atomic mass is 79.9. The van der Waals surface area contributed by atoms with E-state index in [0.29, 0.717) is 0 Å². The van der Waals surface area contributed by atoms with Gasteiger partial charge >= 0.3 is 0 Å². The molecule has 3 rings (SSSR count). The summed E-state index contributed by atoms with van der Waals surface area (Å²) in [6, 6.07) is 10.6. The van der Waals surface area contributed by atoms with E-state index in [4.69, 9.17) is 0 Å². The number of nitrogens with zero attached hydrogens (tertiary/aromatic N) is 1. The van der Waals surface area contributed by atoms with Gasteiger partial charge in [0.2, 0.25) is 0 Å². The average molecular weight is 312 g/mol. The smallest absolute Gasteiger partial charge is 0.0373 e. The molecule has 0 fully saturated rings. The van der Waals surface area contributed by atoms with Gasteiger partial charge in [-0.1, -0.05) is 46.3 Å². The maximum Gasteiger partial charge on any atom is 0.0373 e. The molecule has 1 nitrogen and oxygen atoms in total. The Morgan fingerprint density at radius 3 is 2.84 bits per heavy atom. The molecule has 94 valence electrons. The molecule has 0 saturated carbocycles. The van der Waals surface area contributed by atoms with Crippen LogP contribution >= 0.6 is 15.9 Å². The van der Waals surface area contributed by atoms with Crippen molar-refractivity contribution in [2.75, 3.05) is 0 Å². The van der Waals surface area contributed by atoms with Gasteiger partial charge in [0.15, 0.2) is 0 Å². The Morgan fingerprint density at radius 1 is 1.16 bits per heavy atom. The maximum absolute atomic E-state index is 4.30. The third-order valence-corrected chi connectivity index (χ3v) is 3.76. The van der Waals surface area contributed by atoms with Crippen molar-refractivity contribution in [1.82, 2.24) is 4.98 Å². The fraction of sp³-hybridized carbons (Fsp3) is 0.118. The molecule has 1 aromatic heterocycles. The third-order valence-electron chi connectivity index (χ3n) is 3.26. The molecule has 1 aliphatic carbocycles. The second-order valence-electron chi connectivity index (χ2n) is 4.81. The molecule has 0 saturated heterocycles. The summed E-state index contributed by atoms with van der Waals surface area (Å²) in [5.41, 5.74) is 6.24. The zero-order valence-corrected chi connectivity index (χ0v) is 12.3. The number of halogens is 1. The van der Waals surface area contributed by atoms with Crippen LogP contribution in [0.15, 0.2) is 52.7 Å². The fourth-order valence-corrected chi connectivity index (χ4v) is 2.64. The Labute approximate surface area is 121 Å². The van der Waals surface area contributed by atoms with E-state index in [-0.39, 0.29) is 0 Å². The number of allylic oxidation sites excluding steroid dienone is 2. The van der Waals surface area contributed by atoms with Gasteiger partial charge in [0.05, 0.1) is 0 Å². The minimum absolute atomic E-state index is 1.00. The average Bonchev–Trinajstić information content (AvgIpc) is 2.80. The molecule has 0 amide bonds. The van der Waals surface area contributed by atoms with E-state index in [0.717, 1.165) is 22.2 Å². The zero-order valence-electron chi connectivity index (χ0n) is 10.7. The second-order valence-corrected chi connectivity index (χ2v) is 5.72. The number of aryl methyl sites for hydroxylation is 1. The van der Waals surface area contributed by atoms with Crippen LogP contribution in [0.4, 0.5) is 0 Å². The van der Waals surface area contributed by atoms with Gasteiger partial charge in [-0.3, -0.25) is 4.98 Å². The number of benzene rings is 1. The Balaban J connectivity index is 1.78. The lowest BCUT2D eigenvalue weighted by atomic mass is 10.1. The zero-order chi connectivity index (χ0) is 13.2. The highest BCUT2D eigenvalue weighted by Gasteiger charge is 2.10. The summed E-state index contributed by atoms with van der Waals surface area (Å²) in [5, 5.41) is 0. The monoisotopic (exact) mass is 311 g/mol. The molecule has 0 unspecified atom stereocenters. The molecule has 0 aliphatic heterocycles. The molecule has 0 bridgehead atoms. The van der Waals surface area contributed by atoms with E-state index in [1.807, 2.05) is 19.2 Å². The summed E-state index contributed by atoms with van der Waals surface area (Å²) in [7, 11) is 0. The lowest BCUT2D eigenvalue weighted by molar-refractivity contribution is 1.19. The van der Waals surface area contributed by atoms with Crippen LogP contribution in [-0.4, -0.2) is 4.98 Å². The predicted molar refractivity (Wildman–Crippen MR) is 83.8 cm³/mol. The van der Waals surface area contributed by atoms with Gasteiger partial charge in [0.25, 0.3) is 0 Å². The highest BCUT2D eigenvalue weighted by molar-refractivity contribution is 9.10. The molecule has 2 heteroatoms. The van der Waals surface area contributed by atoms with E-state index >= 15 is 0 Å². The fourth-order valence-electron chi connectivity index (χ4n) is 2.23. The Morgan fingerprint density at radius 2 is 2.05 bits per heavy atom. The van der Waals surface area contributed by atoms with Crippen LogP contribution in [0, 0.1) is 6.92 Å². The van der Waals surface area contributed by atoms with Crippen LogP contribution < -0.4 is 0 Å². The highest BCUT2D eigenvalue weighted by Crippen LogP contribution is 2.28. The van der Waals surface area contributed by atoms with Crippen LogP contribution in [-0.2, 0) is 6.42 Å². The number of fused-ring (bicyclic) bond motifs is 1. The molecule has 1 aromatic carbocycles. The molecule has 2 aromatic rings. The molecule has 0 spiro atoms. The lowest BCUT2D eigenvalue weighted by Gasteiger charge is -1.98. The van der Waals surface area contributed by atoms with Gasteiger partial charge in [-0.25, -0.2) is 0 Å². The Hall–Kier alpha value is -1.67. The van der Waals surface area contributed by atoms with Crippen molar-refractivity contribution in [2.24, 2.45) is 0 Å². The van der Waals surface area contributed by atoms with Crippen molar-refractivity contribution in [3.63, 3.8) is 0 Å². The van der Waals surface area contributed by atoms with Gasteiger partial charge < -0.3 is 0 Å². The summed E-state index contributed by atoms with van der Waals surface area (Å²) in [4.78, 5) is 4.30. The van der Waals surface area contributed by atoms with Crippen molar-refractivity contribution >= 4 is 28.1 Å². The summed E-state index contributed by atoms with van der Waals surface area (Å²) < 4.78 is 1.15. The van der Waals surface area contributed by atoms with E-state index in [2.05, 4.69) is 63.4 Å². The first-order chi connectivity index (χ1) is 9.20. The van der Waals surface area contributed by atoms with Gasteiger partial charge in [0, 0.05) is 16.4 Å². The largest absolute Gasteiger partial charge is 0.261 e. The molecule has 0 radical (unpaired) electrons. The SMILES string of the molecule is Cc1ccc(/C=C/C2=Cc3ccc(Br)cc3C2)cn1. The van der Waals surface area contributed by atoms with Crippen molar-refractivity contribution < 1.29 is 0 Å². The molecule has 0 N–H and O–H groups in total. The number of hydrogen-bond donors (Lipinski definition) is 0. The number of pyridine rings is 1. The van der Waals surface area contributed by atoms with E-state index in [9.17, 15) is 0 Å². The first-order valence-electron chi connectivity index (χ1n) is 6.30. The lowest BCUT2D eigenvalue weighted by Crippen LogP contribution is -1.83. The molecular formula is C17H14BrN. The van der Waals surface area contributed by atoms with E-state index in [1.165, 1.54) is 16.7 Å². The standard InChI is InChI=1S/C17H14BrN/c1-12-2-3-13(11-19-12)4-5-14-8-15-6-7-17(18)10-16(15)9-14/h2-8,10-11H,9H2,1H3/b5-4+. The maximum atomic E-state index is 4.30. The predicted octanol–water partition coefficient (Wildman–Crippen LogP) is 4.81. The number of hydrogen-bond acceptors (Lipinski definition) is 1. The molecule has 1 heterocycles. The first kappa shape index (κ1) is 12.4. The van der Waals surface area contributed by atoms with Crippen molar-refractivity contribution in [1.29, 1.82) is 0 Å². The Kier molecular flexibility index (Phi) is 3.34. The number of rotatable bonds is 2. The second kappa shape index (κ2) is 5.14. The van der Waals surface area contributed by atoms with Crippen LogP contribution in [0.1, 0.15) is 22.4 Å². The molecule has 1 aliphatic rings. The summed E-state index contributed by atoms with van der Waals surface area (Å²) in [6.45, 7) is 2.00. The topological polar surface area (TPSA) is 12.9 Å². The Bertz CT molecular complexity index is 666. The van der Waals surface area contributed by atoms with Crippen LogP contribution in [0.5, 0.6) is 0 Å². The normalized spacial score (nSPS) is 13.7. The van der Waals surface area contributed by atoms with Crippen LogP contribution in [0.25, 0.3) is 12.2 Å². The van der Waals surface area contributed by atoms with Gasteiger partial charge in [-0.15, -0.1) is 0 Å². The molecule has 19 heavy (non-hydrogen) atoms. The molecular weight excluding hydrogens is 298 g/mol. The van der Waals surface area contributed by atoms with Crippen LogP contribution in [0.3, 0.4) is 0 Å². The summed E-state index contributed by atoms with van der Waals surface area (Å²) in [5.74, 6) is 0. The summed E-state index contributed by atoms with van der Waals surface area (Å²) >= 11 is 3.52. The minimum atomic E-state index is 1.00. The van der Waals surface area contributed by atoms with Gasteiger partial charge in [0.1, 0.15) is 0 Å². The van der Waals surface area contributed by atoms with Crippen molar-refractivity contribution in [2.45, 2.75) is 13.3 Å². The van der Waals surface area contributed by atoms with E-state index < -0.39 is 0 Å². The van der Waals surface area contributed by atoms with Gasteiger partial charge in [-0.2, -0.15) is 0 Å². The van der Waals surface area contributed by atoms with Crippen molar-refractivity contribution in [3.8, 4) is 0 Å². The van der Waals surface area contributed by atoms with E-state index in [1.54, 1.807) is 0 Å². The minimum Gasteiger partial charge on any atom is -0.261 e. The molecule has 0 atom stereocenters. The van der Waals surface area contributed by atoms with Crippen LogP contribution in [0.2, 0.25) is 0 Å². The third kappa shape index (κ3) is 2.85. The summed E-state index contributed by atoms with van der Waals surface area (Å²) in [6.07, 6.45) is 9.47. The number of aromatic nitrogens is 1. The van der Waals surface area contributed by atoms with Gasteiger partial charge in [-0.05, 0) is 53.8 Å².